The molecule has 0 aliphatic carbocycles. The summed E-state index contributed by atoms with van der Waals surface area (Å²) in [7, 11) is 2.98. The Morgan fingerprint density at radius 2 is 2.16 bits per heavy atom. The van der Waals surface area contributed by atoms with Gasteiger partial charge in [0.25, 0.3) is 13.1 Å². The summed E-state index contributed by atoms with van der Waals surface area (Å²) in [5, 5.41) is 1.08. The fraction of sp³-hybridized carbons (Fsp3) is 0.435. The number of rotatable bonds is 2. The average Bonchev–Trinajstić information content (AvgIpc) is 3.20. The maximum absolute atomic E-state index is 12.6. The van der Waals surface area contributed by atoms with Gasteiger partial charge in [-0.1, -0.05) is 9.69 Å². The lowest BCUT2D eigenvalue weighted by atomic mass is 9.66. The minimum Gasteiger partial charge on any atom is -0.500 e. The number of nitrogens with zero attached hydrogens (tertiary/aromatic N) is 3. The predicted octanol–water partition coefficient (Wildman–Crippen LogP) is 2.96. The van der Waals surface area contributed by atoms with Crippen molar-refractivity contribution in [2.24, 2.45) is 5.92 Å². The van der Waals surface area contributed by atoms with E-state index in [-0.39, 0.29) is 5.92 Å². The van der Waals surface area contributed by atoms with Crippen molar-refractivity contribution in [1.29, 1.82) is 0 Å². The van der Waals surface area contributed by atoms with Crippen molar-refractivity contribution >= 4 is 16.9 Å². The molecule has 158 valence electrons. The summed E-state index contributed by atoms with van der Waals surface area (Å²) in [6.07, 6.45) is 2.55. The third kappa shape index (κ3) is 2.46. The first kappa shape index (κ1) is 19.5. The number of methoxy groups -OCH3 is 2. The SMILES string of the molecule is C#[N+][C@]12C[C@@]3([N+]#C)c4[nH]c5ccc(OC)cc5c4CCN3C[C@H]1COC=C2C(=O)OC. The highest BCUT2D eigenvalue weighted by molar-refractivity contribution is 5.92. The minimum atomic E-state index is -1.02. The molecule has 1 aromatic heterocycles. The molecular formula is C23H24N4O4+2. The van der Waals surface area contributed by atoms with Crippen molar-refractivity contribution < 1.29 is 19.0 Å². The second-order valence-electron chi connectivity index (χ2n) is 8.32. The van der Waals surface area contributed by atoms with Gasteiger partial charge in [-0.25, -0.2) is 9.69 Å². The molecule has 31 heavy (non-hydrogen) atoms. The number of piperidine rings is 1. The fourth-order valence-electron chi connectivity index (χ4n) is 5.53. The Bertz CT molecular complexity index is 1200. The van der Waals surface area contributed by atoms with Crippen molar-refractivity contribution in [3.63, 3.8) is 0 Å². The number of hydrogen-bond donors (Lipinski definition) is 1. The second kappa shape index (κ2) is 6.76. The zero-order chi connectivity index (χ0) is 21.8. The number of benzene rings is 1. The Labute approximate surface area is 180 Å². The zero-order valence-electron chi connectivity index (χ0n) is 17.6. The molecule has 3 aliphatic heterocycles. The van der Waals surface area contributed by atoms with Gasteiger partial charge in [-0.3, -0.25) is 0 Å². The highest BCUT2D eigenvalue weighted by atomic mass is 16.5. The number of carbonyl (C=O) groups excluding carboxylic acids is 1. The molecule has 0 radical (unpaired) electrons. The molecular weight excluding hydrogens is 396 g/mol. The van der Waals surface area contributed by atoms with Crippen LogP contribution in [0, 0.1) is 19.1 Å². The molecule has 1 N–H and O–H groups in total. The van der Waals surface area contributed by atoms with Gasteiger partial charge in [-0.05, 0) is 30.2 Å². The first-order valence-corrected chi connectivity index (χ1v) is 10.2. The highest BCUT2D eigenvalue weighted by Crippen LogP contribution is 2.54. The van der Waals surface area contributed by atoms with E-state index in [0.29, 0.717) is 25.1 Å². The van der Waals surface area contributed by atoms with Crippen LogP contribution in [0.4, 0.5) is 0 Å². The standard InChI is InChI=1S/C23H24N4O4/c1-24-22-13-23(25-2)20-16(17-9-15(29-3)5-6-19(17)26-20)7-8-27(23)10-14(22)11-31-12-18(22)21(28)30-4/h1-2,5-6,9,12,14,26H,7-8,10-11,13H2,3-4H3/q+2/t14-,22+,23-/m0/s1. The fourth-order valence-corrected chi connectivity index (χ4v) is 5.53. The van der Waals surface area contributed by atoms with E-state index in [0.717, 1.165) is 40.9 Å². The molecule has 0 spiro atoms. The third-order valence-corrected chi connectivity index (χ3v) is 7.11. The first-order chi connectivity index (χ1) is 15.0. The number of H-pyrrole nitrogens is 1. The summed E-state index contributed by atoms with van der Waals surface area (Å²) in [6, 6.07) is 5.93. The zero-order valence-corrected chi connectivity index (χ0v) is 17.6. The van der Waals surface area contributed by atoms with Crippen LogP contribution < -0.4 is 4.74 Å². The Morgan fingerprint density at radius 3 is 2.87 bits per heavy atom. The van der Waals surface area contributed by atoms with Crippen LogP contribution in [-0.4, -0.2) is 55.3 Å². The molecule has 1 aromatic carbocycles. The number of nitrogens with one attached hydrogen (secondary N) is 1. The quantitative estimate of drug-likeness (QED) is 0.757. The van der Waals surface area contributed by atoms with E-state index in [1.54, 1.807) is 7.11 Å². The van der Waals surface area contributed by atoms with E-state index in [4.69, 9.17) is 27.4 Å². The summed E-state index contributed by atoms with van der Waals surface area (Å²) >= 11 is 0. The monoisotopic (exact) mass is 420 g/mol. The van der Waals surface area contributed by atoms with E-state index in [1.165, 1.54) is 13.4 Å². The van der Waals surface area contributed by atoms with E-state index in [2.05, 4.69) is 19.6 Å². The number of aromatic nitrogens is 1. The smallest absolute Gasteiger partial charge is 0.386 e. The normalized spacial score (nSPS) is 29.3. The molecule has 1 saturated heterocycles. The van der Waals surface area contributed by atoms with Crippen LogP contribution >= 0.6 is 0 Å². The number of fused-ring (bicyclic) bond motifs is 6. The van der Waals surface area contributed by atoms with Crippen LogP contribution in [-0.2, 0) is 26.4 Å². The predicted molar refractivity (Wildman–Crippen MR) is 115 cm³/mol. The van der Waals surface area contributed by atoms with E-state index in [1.807, 2.05) is 18.2 Å². The molecule has 0 saturated carbocycles. The second-order valence-corrected chi connectivity index (χ2v) is 8.32. The number of aromatic amines is 1. The molecule has 2 aromatic rings. The van der Waals surface area contributed by atoms with Crippen LogP contribution in [0.3, 0.4) is 0 Å². The Hall–Kier alpha value is -3.49. The third-order valence-electron chi connectivity index (χ3n) is 7.11. The molecule has 1 fully saturated rings. The van der Waals surface area contributed by atoms with E-state index in [9.17, 15) is 4.79 Å². The van der Waals surface area contributed by atoms with Gasteiger partial charge in [0.1, 0.15) is 24.1 Å². The maximum atomic E-state index is 12.6. The maximum Gasteiger partial charge on any atom is 0.386 e. The van der Waals surface area contributed by atoms with Crippen molar-refractivity contribution in [2.45, 2.75) is 24.0 Å². The number of carbonyl (C=O) groups is 1. The van der Waals surface area contributed by atoms with Crippen molar-refractivity contribution in [3.8, 4) is 18.9 Å². The van der Waals surface area contributed by atoms with Crippen molar-refractivity contribution in [2.75, 3.05) is 33.9 Å². The van der Waals surface area contributed by atoms with Gasteiger partial charge in [-0.15, -0.1) is 0 Å². The minimum absolute atomic E-state index is 0.127. The summed E-state index contributed by atoms with van der Waals surface area (Å²) in [5.74, 6) is 0.141. The van der Waals surface area contributed by atoms with E-state index >= 15 is 0 Å². The summed E-state index contributed by atoms with van der Waals surface area (Å²) < 4.78 is 16.0. The lowest BCUT2D eigenvalue weighted by molar-refractivity contribution is -0.138. The average molecular weight is 420 g/mol. The number of esters is 1. The van der Waals surface area contributed by atoms with Crippen LogP contribution in [0.5, 0.6) is 5.75 Å². The molecule has 0 bridgehead atoms. The van der Waals surface area contributed by atoms with Crippen LogP contribution in [0.15, 0.2) is 30.0 Å². The van der Waals surface area contributed by atoms with E-state index < -0.39 is 17.2 Å². The van der Waals surface area contributed by atoms with Crippen molar-refractivity contribution in [3.05, 3.63) is 51.0 Å². The van der Waals surface area contributed by atoms with Crippen LogP contribution in [0.2, 0.25) is 0 Å². The summed E-state index contributed by atoms with van der Waals surface area (Å²) in [4.78, 5) is 27.1. The van der Waals surface area contributed by atoms with Crippen LogP contribution in [0.1, 0.15) is 17.7 Å². The lowest BCUT2D eigenvalue weighted by Crippen LogP contribution is -2.64. The Balaban J connectivity index is 1.71. The van der Waals surface area contributed by atoms with Gasteiger partial charge in [0.05, 0.1) is 26.7 Å². The highest BCUT2D eigenvalue weighted by Gasteiger charge is 2.73. The molecule has 4 heterocycles. The first-order valence-electron chi connectivity index (χ1n) is 10.2. The molecule has 5 rings (SSSR count). The van der Waals surface area contributed by atoms with Gasteiger partial charge >= 0.3 is 17.2 Å². The summed E-state index contributed by atoms with van der Waals surface area (Å²) in [5.41, 5.74) is 1.38. The lowest BCUT2D eigenvalue weighted by Gasteiger charge is -2.45. The molecule has 0 amide bonds. The van der Waals surface area contributed by atoms with Gasteiger partial charge in [0.2, 0.25) is 0 Å². The molecule has 8 nitrogen and oxygen atoms in total. The topological polar surface area (TPSA) is 72.5 Å². The van der Waals surface area contributed by atoms with Gasteiger partial charge in [0, 0.05) is 24.0 Å². The van der Waals surface area contributed by atoms with Gasteiger partial charge in [-0.2, -0.15) is 0 Å². The molecule has 8 heteroatoms. The van der Waals surface area contributed by atoms with Gasteiger partial charge in [0.15, 0.2) is 5.57 Å². The van der Waals surface area contributed by atoms with Crippen LogP contribution in [0.25, 0.3) is 20.6 Å². The Morgan fingerprint density at radius 1 is 1.32 bits per heavy atom. The molecule has 3 aliphatic rings. The summed E-state index contributed by atoms with van der Waals surface area (Å²) in [6.45, 7) is 13.8. The number of ether oxygens (including phenoxy) is 3. The Kier molecular flexibility index (Phi) is 4.25. The molecule has 3 atom stereocenters. The van der Waals surface area contributed by atoms with Gasteiger partial charge < -0.3 is 19.2 Å². The van der Waals surface area contributed by atoms with Crippen molar-refractivity contribution in [1.82, 2.24) is 9.88 Å². The molecule has 0 unspecified atom stereocenters. The number of hydrogen-bond acceptors (Lipinski definition) is 5. The largest absolute Gasteiger partial charge is 0.500 e.